The Kier molecular flexibility index (Phi) is 3.95. The minimum Gasteiger partial charge on any atom is -0.508 e. The van der Waals surface area contributed by atoms with Gasteiger partial charge in [0.05, 0.1) is 5.92 Å². The van der Waals surface area contributed by atoms with Gasteiger partial charge in [-0.25, -0.2) is 0 Å². The van der Waals surface area contributed by atoms with E-state index >= 15 is 0 Å². The number of piperidine rings is 1. The van der Waals surface area contributed by atoms with Gasteiger partial charge in [-0.1, -0.05) is 0 Å². The van der Waals surface area contributed by atoms with Crippen LogP contribution in [0.2, 0.25) is 0 Å². The van der Waals surface area contributed by atoms with E-state index in [0.29, 0.717) is 31.5 Å². The van der Waals surface area contributed by atoms with Gasteiger partial charge in [0.25, 0.3) is 0 Å². The Hall–Kier alpha value is -1.75. The first-order valence-electron chi connectivity index (χ1n) is 6.47. The zero-order valence-electron chi connectivity index (χ0n) is 10.9. The number of hydrogen-bond acceptors (Lipinski definition) is 4. The standard InChI is InChI=1S/C14H19NO4/c1-9(12-8-11(16)2-3-13(12)17)15-6-4-10(5-7-15)14(18)19/h2-3,8-10,16-17H,4-7H2,1H3,(H,18,19). The number of carbonyl (C=O) groups is 1. The largest absolute Gasteiger partial charge is 0.508 e. The maximum absolute atomic E-state index is 10.9. The summed E-state index contributed by atoms with van der Waals surface area (Å²) in [7, 11) is 0. The second kappa shape index (κ2) is 5.48. The molecule has 1 atom stereocenters. The molecule has 2 rings (SSSR count). The molecule has 5 nitrogen and oxygen atoms in total. The predicted octanol–water partition coefficient (Wildman–Crippen LogP) is 1.96. The van der Waals surface area contributed by atoms with Gasteiger partial charge in [0, 0.05) is 11.6 Å². The molecular formula is C14H19NO4. The summed E-state index contributed by atoms with van der Waals surface area (Å²) in [6, 6.07) is 4.44. The zero-order valence-corrected chi connectivity index (χ0v) is 10.9. The molecule has 19 heavy (non-hydrogen) atoms. The van der Waals surface area contributed by atoms with Crippen LogP contribution in [0.5, 0.6) is 11.5 Å². The number of aromatic hydroxyl groups is 2. The molecule has 0 amide bonds. The fourth-order valence-corrected chi connectivity index (χ4v) is 2.61. The first-order chi connectivity index (χ1) is 8.99. The van der Waals surface area contributed by atoms with Gasteiger partial charge >= 0.3 is 5.97 Å². The van der Waals surface area contributed by atoms with Crippen LogP contribution in [-0.2, 0) is 4.79 Å². The molecule has 0 bridgehead atoms. The van der Waals surface area contributed by atoms with Crippen molar-refractivity contribution in [3.8, 4) is 11.5 Å². The Bertz CT molecular complexity index is 467. The van der Waals surface area contributed by atoms with Gasteiger partial charge < -0.3 is 15.3 Å². The van der Waals surface area contributed by atoms with Crippen LogP contribution in [0.1, 0.15) is 31.4 Å². The van der Waals surface area contributed by atoms with Crippen molar-refractivity contribution in [3.05, 3.63) is 23.8 Å². The second-order valence-electron chi connectivity index (χ2n) is 5.07. The van der Waals surface area contributed by atoms with Crippen molar-refractivity contribution in [3.63, 3.8) is 0 Å². The van der Waals surface area contributed by atoms with E-state index in [1.165, 1.54) is 12.1 Å². The molecule has 0 saturated carbocycles. The smallest absolute Gasteiger partial charge is 0.306 e. The highest BCUT2D eigenvalue weighted by Gasteiger charge is 2.28. The van der Waals surface area contributed by atoms with E-state index in [9.17, 15) is 15.0 Å². The van der Waals surface area contributed by atoms with Gasteiger partial charge in [-0.2, -0.15) is 0 Å². The molecule has 1 saturated heterocycles. The molecule has 1 aliphatic rings. The van der Waals surface area contributed by atoms with Gasteiger partial charge in [-0.15, -0.1) is 0 Å². The normalized spacial score (nSPS) is 19.2. The van der Waals surface area contributed by atoms with E-state index in [1.807, 2.05) is 6.92 Å². The van der Waals surface area contributed by atoms with Crippen molar-refractivity contribution >= 4 is 5.97 Å². The summed E-state index contributed by atoms with van der Waals surface area (Å²) in [4.78, 5) is 13.0. The van der Waals surface area contributed by atoms with Crippen LogP contribution in [0.25, 0.3) is 0 Å². The lowest BCUT2D eigenvalue weighted by atomic mass is 9.94. The maximum atomic E-state index is 10.9. The van der Waals surface area contributed by atoms with Crippen LogP contribution in [-0.4, -0.2) is 39.3 Å². The first kappa shape index (κ1) is 13.7. The molecule has 5 heteroatoms. The van der Waals surface area contributed by atoms with E-state index in [4.69, 9.17) is 5.11 Å². The topological polar surface area (TPSA) is 81.0 Å². The Morgan fingerprint density at radius 3 is 2.53 bits per heavy atom. The number of hydrogen-bond donors (Lipinski definition) is 3. The highest BCUT2D eigenvalue weighted by atomic mass is 16.4. The molecular weight excluding hydrogens is 246 g/mol. The highest BCUT2D eigenvalue weighted by Crippen LogP contribution is 2.33. The third-order valence-electron chi connectivity index (χ3n) is 3.89. The minimum absolute atomic E-state index is 0.0400. The third kappa shape index (κ3) is 2.98. The zero-order chi connectivity index (χ0) is 14.0. The van der Waals surface area contributed by atoms with Crippen LogP contribution in [0.3, 0.4) is 0 Å². The molecule has 1 aliphatic heterocycles. The molecule has 104 valence electrons. The number of aliphatic carboxylic acids is 1. The van der Waals surface area contributed by atoms with Crippen molar-refractivity contribution < 1.29 is 20.1 Å². The summed E-state index contributed by atoms with van der Waals surface area (Å²) < 4.78 is 0. The average Bonchev–Trinajstić information content (AvgIpc) is 2.41. The number of phenols is 2. The van der Waals surface area contributed by atoms with Crippen LogP contribution in [0.15, 0.2) is 18.2 Å². The van der Waals surface area contributed by atoms with Crippen molar-refractivity contribution in [2.75, 3.05) is 13.1 Å². The second-order valence-corrected chi connectivity index (χ2v) is 5.07. The van der Waals surface area contributed by atoms with Crippen LogP contribution in [0, 0.1) is 5.92 Å². The van der Waals surface area contributed by atoms with Gasteiger partial charge in [-0.3, -0.25) is 9.69 Å². The molecule has 1 fully saturated rings. The number of rotatable bonds is 3. The van der Waals surface area contributed by atoms with Gasteiger partial charge in [0.1, 0.15) is 11.5 Å². The van der Waals surface area contributed by atoms with Gasteiger partial charge in [0.15, 0.2) is 0 Å². The summed E-state index contributed by atoms with van der Waals surface area (Å²) >= 11 is 0. The maximum Gasteiger partial charge on any atom is 0.306 e. The molecule has 0 radical (unpaired) electrons. The number of benzene rings is 1. The van der Waals surface area contributed by atoms with Crippen LogP contribution >= 0.6 is 0 Å². The molecule has 1 heterocycles. The Labute approximate surface area is 112 Å². The molecule has 1 aromatic carbocycles. The van der Waals surface area contributed by atoms with Gasteiger partial charge in [-0.05, 0) is 51.1 Å². The number of carboxylic acid groups (broad SMARTS) is 1. The van der Waals surface area contributed by atoms with Crippen LogP contribution in [0.4, 0.5) is 0 Å². The number of phenolic OH excluding ortho intramolecular Hbond substituents is 2. The third-order valence-corrected chi connectivity index (χ3v) is 3.89. The van der Waals surface area contributed by atoms with Crippen LogP contribution < -0.4 is 0 Å². The fourth-order valence-electron chi connectivity index (χ4n) is 2.61. The summed E-state index contributed by atoms with van der Waals surface area (Å²) in [6.07, 6.45) is 1.25. The Balaban J connectivity index is 2.07. The Morgan fingerprint density at radius 2 is 1.95 bits per heavy atom. The number of carboxylic acids is 1. The van der Waals surface area contributed by atoms with Crippen molar-refractivity contribution in [2.24, 2.45) is 5.92 Å². The molecule has 0 spiro atoms. The summed E-state index contributed by atoms with van der Waals surface area (Å²) in [5, 5.41) is 28.3. The van der Waals surface area contributed by atoms with Gasteiger partial charge in [0.2, 0.25) is 0 Å². The predicted molar refractivity (Wildman–Crippen MR) is 70.1 cm³/mol. The monoisotopic (exact) mass is 265 g/mol. The van der Waals surface area contributed by atoms with Crippen molar-refractivity contribution in [2.45, 2.75) is 25.8 Å². The Morgan fingerprint density at radius 1 is 1.32 bits per heavy atom. The molecule has 0 aliphatic carbocycles. The van der Waals surface area contributed by atoms with E-state index in [2.05, 4.69) is 4.90 Å². The highest BCUT2D eigenvalue weighted by molar-refractivity contribution is 5.70. The van der Waals surface area contributed by atoms with E-state index in [0.717, 1.165) is 0 Å². The molecule has 1 unspecified atom stereocenters. The molecule has 3 N–H and O–H groups in total. The van der Waals surface area contributed by atoms with Crippen molar-refractivity contribution in [1.82, 2.24) is 4.90 Å². The quantitative estimate of drug-likeness (QED) is 0.728. The molecule has 0 aromatic heterocycles. The molecule has 1 aromatic rings. The fraction of sp³-hybridized carbons (Fsp3) is 0.500. The number of nitrogens with zero attached hydrogens (tertiary/aromatic N) is 1. The summed E-state index contributed by atoms with van der Waals surface area (Å²) in [5.41, 5.74) is 0.675. The minimum atomic E-state index is -0.729. The average molecular weight is 265 g/mol. The number of likely N-dealkylation sites (tertiary alicyclic amines) is 1. The van der Waals surface area contributed by atoms with Crippen molar-refractivity contribution in [1.29, 1.82) is 0 Å². The van der Waals surface area contributed by atoms with E-state index in [-0.39, 0.29) is 23.5 Å². The lowest BCUT2D eigenvalue weighted by Gasteiger charge is -2.35. The first-order valence-corrected chi connectivity index (χ1v) is 6.47. The lowest BCUT2D eigenvalue weighted by Crippen LogP contribution is -2.37. The SMILES string of the molecule is CC(c1cc(O)ccc1O)N1CCC(C(=O)O)CC1. The lowest BCUT2D eigenvalue weighted by molar-refractivity contribution is -0.143. The summed E-state index contributed by atoms with van der Waals surface area (Å²) in [5.74, 6) is -0.709. The van der Waals surface area contributed by atoms with E-state index in [1.54, 1.807) is 6.07 Å². The van der Waals surface area contributed by atoms with E-state index < -0.39 is 5.97 Å². The summed E-state index contributed by atoms with van der Waals surface area (Å²) in [6.45, 7) is 3.33.